The number of hydrogen-bond donors (Lipinski definition) is 0. The molecule has 0 aliphatic heterocycles. The van der Waals surface area contributed by atoms with Crippen molar-refractivity contribution in [2.24, 2.45) is 0 Å². The third-order valence-corrected chi connectivity index (χ3v) is 7.11. The van der Waals surface area contributed by atoms with Crippen molar-refractivity contribution < 1.29 is 14.3 Å². The van der Waals surface area contributed by atoms with Gasteiger partial charge in [-0.05, 0) is 43.0 Å². The molecule has 0 fully saturated rings. The van der Waals surface area contributed by atoms with Gasteiger partial charge in [0.15, 0.2) is 4.34 Å². The van der Waals surface area contributed by atoms with Crippen molar-refractivity contribution in [1.82, 2.24) is 24.6 Å². The Morgan fingerprint density at radius 3 is 2.78 bits per heavy atom. The normalized spacial score (nSPS) is 10.8. The molecule has 3 rings (SSSR count). The van der Waals surface area contributed by atoms with Crippen molar-refractivity contribution in [2.45, 2.75) is 42.7 Å². The van der Waals surface area contributed by atoms with Gasteiger partial charge >= 0.3 is 5.97 Å². The predicted octanol–water partition coefficient (Wildman–Crippen LogP) is 4.13. The van der Waals surface area contributed by atoms with Gasteiger partial charge in [0.2, 0.25) is 5.01 Å². The third-order valence-electron chi connectivity index (χ3n) is 5.02. The van der Waals surface area contributed by atoms with Crippen molar-refractivity contribution in [3.8, 4) is 5.69 Å². The maximum absolute atomic E-state index is 12.6. The Hall–Kier alpha value is -2.72. The zero-order valence-corrected chi connectivity index (χ0v) is 20.1. The molecule has 2 aromatic heterocycles. The number of imidazole rings is 1. The first-order chi connectivity index (χ1) is 15.5. The van der Waals surface area contributed by atoms with Gasteiger partial charge in [0.1, 0.15) is 0 Å². The smallest absolute Gasteiger partial charge is 0.305 e. The average molecular weight is 474 g/mol. The molecule has 0 bridgehead atoms. The van der Waals surface area contributed by atoms with Crippen LogP contribution in [0.1, 0.15) is 46.6 Å². The van der Waals surface area contributed by atoms with Crippen LogP contribution in [0.25, 0.3) is 5.69 Å². The van der Waals surface area contributed by atoms with Gasteiger partial charge in [-0.15, -0.1) is 10.2 Å². The molecule has 170 valence electrons. The fourth-order valence-corrected chi connectivity index (χ4v) is 4.99. The molecule has 0 unspecified atom stereocenters. The van der Waals surface area contributed by atoms with Crippen LogP contribution in [-0.4, -0.2) is 57.2 Å². The third kappa shape index (κ3) is 6.64. The van der Waals surface area contributed by atoms with E-state index in [0.717, 1.165) is 35.0 Å². The second kappa shape index (κ2) is 11.8. The highest BCUT2D eigenvalue weighted by atomic mass is 32.2. The number of carbonyl (C=O) groups is 2. The summed E-state index contributed by atoms with van der Waals surface area (Å²) in [6.07, 6.45) is 8.32. The van der Waals surface area contributed by atoms with E-state index in [1.165, 1.54) is 29.6 Å². The van der Waals surface area contributed by atoms with Crippen LogP contribution < -0.4 is 0 Å². The van der Waals surface area contributed by atoms with Crippen LogP contribution in [0.3, 0.4) is 0 Å². The predicted molar refractivity (Wildman–Crippen MR) is 125 cm³/mol. The van der Waals surface area contributed by atoms with Gasteiger partial charge < -0.3 is 14.2 Å². The van der Waals surface area contributed by atoms with Gasteiger partial charge in [-0.3, -0.25) is 9.59 Å². The van der Waals surface area contributed by atoms with Gasteiger partial charge in [0, 0.05) is 43.8 Å². The van der Waals surface area contributed by atoms with Crippen molar-refractivity contribution in [1.29, 1.82) is 0 Å². The Kier molecular flexibility index (Phi) is 8.81. The molecule has 0 aliphatic carbocycles. The Labute approximate surface area is 196 Å². The molecule has 2 heterocycles. The fraction of sp³-hybridized carbons (Fsp3) is 0.409. The van der Waals surface area contributed by atoms with Crippen molar-refractivity contribution in [2.75, 3.05) is 20.7 Å². The first kappa shape index (κ1) is 23.9. The number of thioether (sulfide) groups is 1. The van der Waals surface area contributed by atoms with Crippen LogP contribution in [0.5, 0.6) is 0 Å². The topological polar surface area (TPSA) is 90.2 Å². The number of unbranched alkanes of at least 4 members (excludes halogenated alkanes) is 2. The quantitative estimate of drug-likeness (QED) is 0.235. The molecule has 0 aliphatic rings. The Bertz CT molecular complexity index is 1040. The van der Waals surface area contributed by atoms with Gasteiger partial charge in [-0.25, -0.2) is 4.98 Å². The van der Waals surface area contributed by atoms with E-state index in [1.807, 2.05) is 10.8 Å². The van der Waals surface area contributed by atoms with Crippen LogP contribution >= 0.6 is 23.1 Å². The highest BCUT2D eigenvalue weighted by Gasteiger charge is 2.17. The van der Waals surface area contributed by atoms with Crippen molar-refractivity contribution in [3.05, 3.63) is 53.1 Å². The SMILES string of the molecule is COC(=O)CCCCCN(C)C(=O)c1nnc(SCc2ccc(-n3ccnc3)cc2C)s1. The number of amides is 1. The van der Waals surface area contributed by atoms with Crippen LogP contribution in [-0.2, 0) is 15.3 Å². The largest absolute Gasteiger partial charge is 0.469 e. The first-order valence-corrected chi connectivity index (χ1v) is 12.1. The summed E-state index contributed by atoms with van der Waals surface area (Å²) in [5.74, 6) is 0.440. The van der Waals surface area contributed by atoms with E-state index in [4.69, 9.17) is 0 Å². The molecule has 1 amide bonds. The second-order valence-electron chi connectivity index (χ2n) is 7.36. The number of carbonyl (C=O) groups excluding carboxylic acids is 2. The average Bonchev–Trinajstić information content (AvgIpc) is 3.49. The molecule has 10 heteroatoms. The van der Waals surface area contributed by atoms with E-state index >= 15 is 0 Å². The van der Waals surface area contributed by atoms with E-state index in [9.17, 15) is 9.59 Å². The standard InChI is InChI=1S/C22H27N5O3S2/c1-16-13-18(27-12-10-23-15-27)9-8-17(16)14-31-22-25-24-20(32-22)21(29)26(2)11-6-4-5-7-19(28)30-3/h8-10,12-13,15H,4-7,11,14H2,1-3H3. The molecule has 0 atom stereocenters. The molecule has 0 saturated carbocycles. The molecule has 0 spiro atoms. The number of nitrogens with zero attached hydrogens (tertiary/aromatic N) is 5. The van der Waals surface area contributed by atoms with Crippen molar-refractivity contribution in [3.63, 3.8) is 0 Å². The lowest BCUT2D eigenvalue weighted by Gasteiger charge is -2.14. The number of ether oxygens (including phenoxy) is 1. The minimum atomic E-state index is -0.197. The number of hydrogen-bond acceptors (Lipinski definition) is 8. The highest BCUT2D eigenvalue weighted by Crippen LogP contribution is 2.28. The molecular formula is C22H27N5O3S2. The zero-order chi connectivity index (χ0) is 22.9. The lowest BCUT2D eigenvalue weighted by atomic mass is 10.1. The van der Waals surface area contributed by atoms with Crippen molar-refractivity contribution >= 4 is 35.0 Å². The summed E-state index contributed by atoms with van der Waals surface area (Å²) in [7, 11) is 3.16. The van der Waals surface area contributed by atoms with Crippen LogP contribution in [0.2, 0.25) is 0 Å². The Morgan fingerprint density at radius 1 is 1.22 bits per heavy atom. The Morgan fingerprint density at radius 2 is 2.06 bits per heavy atom. The number of esters is 1. The van der Waals surface area contributed by atoms with Crippen LogP contribution in [0.4, 0.5) is 0 Å². The summed E-state index contributed by atoms with van der Waals surface area (Å²) < 4.78 is 7.38. The molecule has 3 aromatic rings. The fourth-order valence-electron chi connectivity index (χ4n) is 3.07. The number of rotatable bonds is 11. The molecule has 0 N–H and O–H groups in total. The lowest BCUT2D eigenvalue weighted by Crippen LogP contribution is -2.27. The molecule has 1 aromatic carbocycles. The summed E-state index contributed by atoms with van der Waals surface area (Å²) in [6.45, 7) is 2.70. The summed E-state index contributed by atoms with van der Waals surface area (Å²) in [5, 5.41) is 8.66. The zero-order valence-electron chi connectivity index (χ0n) is 18.5. The number of aromatic nitrogens is 4. The maximum Gasteiger partial charge on any atom is 0.305 e. The number of methoxy groups -OCH3 is 1. The minimum absolute atomic E-state index is 0.122. The second-order valence-corrected chi connectivity index (χ2v) is 9.56. The molecule has 8 nitrogen and oxygen atoms in total. The monoisotopic (exact) mass is 473 g/mol. The van der Waals surface area contributed by atoms with Gasteiger partial charge in [-0.2, -0.15) is 0 Å². The minimum Gasteiger partial charge on any atom is -0.469 e. The summed E-state index contributed by atoms with van der Waals surface area (Å²) in [6, 6.07) is 6.31. The first-order valence-electron chi connectivity index (χ1n) is 10.3. The van der Waals surface area contributed by atoms with Crippen LogP contribution in [0, 0.1) is 6.92 Å². The van der Waals surface area contributed by atoms with Crippen LogP contribution in [0.15, 0.2) is 41.3 Å². The van der Waals surface area contributed by atoms with E-state index in [0.29, 0.717) is 18.0 Å². The lowest BCUT2D eigenvalue weighted by molar-refractivity contribution is -0.140. The van der Waals surface area contributed by atoms with E-state index in [2.05, 4.69) is 45.0 Å². The molecule has 0 radical (unpaired) electrons. The highest BCUT2D eigenvalue weighted by molar-refractivity contribution is 8.00. The van der Waals surface area contributed by atoms with E-state index < -0.39 is 0 Å². The molecular weight excluding hydrogens is 446 g/mol. The van der Waals surface area contributed by atoms with Gasteiger partial charge in [-0.1, -0.05) is 35.6 Å². The summed E-state index contributed by atoms with van der Waals surface area (Å²) >= 11 is 2.90. The number of benzene rings is 1. The molecule has 32 heavy (non-hydrogen) atoms. The van der Waals surface area contributed by atoms with E-state index in [1.54, 1.807) is 36.2 Å². The summed E-state index contributed by atoms with van der Waals surface area (Å²) in [4.78, 5) is 29.5. The Balaban J connectivity index is 1.47. The maximum atomic E-state index is 12.6. The molecule has 0 saturated heterocycles. The van der Waals surface area contributed by atoms with E-state index in [-0.39, 0.29) is 11.9 Å². The van der Waals surface area contributed by atoms with Gasteiger partial charge in [0.25, 0.3) is 5.91 Å². The number of aryl methyl sites for hydroxylation is 1. The summed E-state index contributed by atoms with van der Waals surface area (Å²) in [5.41, 5.74) is 3.48. The van der Waals surface area contributed by atoms with Gasteiger partial charge in [0.05, 0.1) is 13.4 Å².